The predicted molar refractivity (Wildman–Crippen MR) is 89.4 cm³/mol. The highest BCUT2D eigenvalue weighted by atomic mass is 32.1. The van der Waals surface area contributed by atoms with Crippen LogP contribution in [-0.2, 0) is 4.79 Å². The van der Waals surface area contributed by atoms with Crippen LogP contribution in [0.1, 0.15) is 61.2 Å². The molecular formula is C17H24N2O2S. The number of carbonyl (C=O) groups excluding carboxylic acids is 2. The lowest BCUT2D eigenvalue weighted by Gasteiger charge is -2.27. The molecule has 0 bridgehead atoms. The normalized spacial score (nSPS) is 24.6. The first-order valence-electron chi connectivity index (χ1n) is 8.25. The minimum absolute atomic E-state index is 0.0984. The molecule has 1 aromatic heterocycles. The quantitative estimate of drug-likeness (QED) is 0.917. The number of rotatable bonds is 4. The molecule has 1 saturated carbocycles. The molecule has 2 fully saturated rings. The Morgan fingerprint density at radius 1 is 1.32 bits per heavy atom. The zero-order valence-electron chi connectivity index (χ0n) is 13.5. The van der Waals surface area contributed by atoms with Crippen LogP contribution < -0.4 is 5.32 Å². The van der Waals surface area contributed by atoms with E-state index < -0.39 is 0 Å². The van der Waals surface area contributed by atoms with Gasteiger partial charge in [-0.2, -0.15) is 0 Å². The zero-order valence-corrected chi connectivity index (χ0v) is 14.3. The van der Waals surface area contributed by atoms with Crippen LogP contribution in [0, 0.1) is 12.8 Å². The Labute approximate surface area is 135 Å². The standard InChI is InChI=1S/C17H24N2O2S/c1-4-13-8-5-11(3)19(13)17(21)15-10(2)9-14(22-15)18-16(20)12-6-7-12/h9,11-13H,4-8H2,1-3H3,(H,18,20)/t11-,13-/m1/s1. The second kappa shape index (κ2) is 6.03. The van der Waals surface area contributed by atoms with Crippen molar-refractivity contribution in [2.45, 2.75) is 65.0 Å². The van der Waals surface area contributed by atoms with Crippen molar-refractivity contribution in [1.29, 1.82) is 0 Å². The maximum Gasteiger partial charge on any atom is 0.264 e. The first kappa shape index (κ1) is 15.5. The molecular weight excluding hydrogens is 296 g/mol. The summed E-state index contributed by atoms with van der Waals surface area (Å²) >= 11 is 1.42. The van der Waals surface area contributed by atoms with Gasteiger partial charge in [-0.05, 0) is 57.6 Å². The second-order valence-corrected chi connectivity index (χ2v) is 7.64. The molecule has 1 aliphatic carbocycles. The number of amides is 2. The van der Waals surface area contributed by atoms with Crippen LogP contribution in [0.25, 0.3) is 0 Å². The van der Waals surface area contributed by atoms with E-state index in [9.17, 15) is 9.59 Å². The van der Waals surface area contributed by atoms with E-state index in [1.807, 2.05) is 17.9 Å². The molecule has 2 aliphatic rings. The molecule has 3 rings (SSSR count). The summed E-state index contributed by atoms with van der Waals surface area (Å²) in [6, 6.07) is 2.59. The average molecular weight is 320 g/mol. The van der Waals surface area contributed by atoms with Gasteiger partial charge in [-0.1, -0.05) is 6.92 Å². The van der Waals surface area contributed by atoms with Crippen molar-refractivity contribution in [3.05, 3.63) is 16.5 Å². The molecule has 0 unspecified atom stereocenters. The van der Waals surface area contributed by atoms with Crippen LogP contribution in [0.4, 0.5) is 5.00 Å². The van der Waals surface area contributed by atoms with Gasteiger partial charge in [0.25, 0.3) is 5.91 Å². The predicted octanol–water partition coefficient (Wildman–Crippen LogP) is 3.81. The van der Waals surface area contributed by atoms with E-state index in [0.717, 1.165) is 47.5 Å². The summed E-state index contributed by atoms with van der Waals surface area (Å²) in [5, 5.41) is 3.76. The third-order valence-electron chi connectivity index (χ3n) is 4.80. The maximum atomic E-state index is 12.9. The third-order valence-corrected chi connectivity index (χ3v) is 5.94. The number of nitrogens with one attached hydrogen (secondary N) is 1. The fourth-order valence-electron chi connectivity index (χ4n) is 3.28. The van der Waals surface area contributed by atoms with E-state index in [4.69, 9.17) is 0 Å². The molecule has 0 spiro atoms. The van der Waals surface area contributed by atoms with Crippen molar-refractivity contribution in [1.82, 2.24) is 4.90 Å². The Hall–Kier alpha value is -1.36. The Bertz CT molecular complexity index is 591. The van der Waals surface area contributed by atoms with Crippen LogP contribution in [0.3, 0.4) is 0 Å². The molecule has 22 heavy (non-hydrogen) atoms. The van der Waals surface area contributed by atoms with Gasteiger partial charge < -0.3 is 10.2 Å². The topological polar surface area (TPSA) is 49.4 Å². The van der Waals surface area contributed by atoms with Gasteiger partial charge in [0.2, 0.25) is 5.91 Å². The molecule has 2 amide bonds. The Kier molecular flexibility index (Phi) is 4.26. The molecule has 0 aromatic carbocycles. The van der Waals surface area contributed by atoms with Gasteiger partial charge in [0, 0.05) is 18.0 Å². The lowest BCUT2D eigenvalue weighted by molar-refractivity contribution is -0.117. The van der Waals surface area contributed by atoms with Gasteiger partial charge in [-0.15, -0.1) is 11.3 Å². The van der Waals surface area contributed by atoms with E-state index in [1.165, 1.54) is 11.3 Å². The van der Waals surface area contributed by atoms with Crippen molar-refractivity contribution in [3.63, 3.8) is 0 Å². The Morgan fingerprint density at radius 3 is 2.68 bits per heavy atom. The third kappa shape index (κ3) is 2.91. The largest absolute Gasteiger partial charge is 0.332 e. The van der Waals surface area contributed by atoms with E-state index in [2.05, 4.69) is 19.2 Å². The van der Waals surface area contributed by atoms with Crippen molar-refractivity contribution in [2.75, 3.05) is 5.32 Å². The molecule has 5 heteroatoms. The summed E-state index contributed by atoms with van der Waals surface area (Å²) in [5.74, 6) is 0.414. The van der Waals surface area contributed by atoms with Crippen molar-refractivity contribution in [3.8, 4) is 0 Å². The van der Waals surface area contributed by atoms with Crippen molar-refractivity contribution < 1.29 is 9.59 Å². The number of anilines is 1. The summed E-state index contributed by atoms with van der Waals surface area (Å²) in [6.45, 7) is 6.23. The fraction of sp³-hybridized carbons (Fsp3) is 0.647. The lowest BCUT2D eigenvalue weighted by atomic mass is 10.1. The molecule has 120 valence electrons. The summed E-state index contributed by atoms with van der Waals surface area (Å²) in [6.07, 6.45) is 5.17. The van der Waals surface area contributed by atoms with Gasteiger partial charge in [0.1, 0.15) is 0 Å². The smallest absolute Gasteiger partial charge is 0.264 e. The minimum atomic E-state index is 0.0984. The zero-order chi connectivity index (χ0) is 15.9. The van der Waals surface area contributed by atoms with Crippen molar-refractivity contribution in [2.24, 2.45) is 5.92 Å². The summed E-state index contributed by atoms with van der Waals surface area (Å²) in [5.41, 5.74) is 0.968. The summed E-state index contributed by atoms with van der Waals surface area (Å²) < 4.78 is 0. The first-order valence-corrected chi connectivity index (χ1v) is 9.06. The molecule has 4 nitrogen and oxygen atoms in total. The average Bonchev–Trinajstić information content (AvgIpc) is 3.18. The first-order chi connectivity index (χ1) is 10.5. The molecule has 1 N–H and O–H groups in total. The highest BCUT2D eigenvalue weighted by molar-refractivity contribution is 7.18. The SMILES string of the molecule is CC[C@@H]1CC[C@@H](C)N1C(=O)c1sc(NC(=O)C2CC2)cc1C. The summed E-state index contributed by atoms with van der Waals surface area (Å²) in [4.78, 5) is 27.6. The Morgan fingerprint density at radius 2 is 2.05 bits per heavy atom. The van der Waals surface area contributed by atoms with Gasteiger partial charge >= 0.3 is 0 Å². The summed E-state index contributed by atoms with van der Waals surface area (Å²) in [7, 11) is 0. The van der Waals surface area contributed by atoms with E-state index in [-0.39, 0.29) is 17.7 Å². The molecule has 1 aromatic rings. The van der Waals surface area contributed by atoms with Crippen LogP contribution >= 0.6 is 11.3 Å². The van der Waals surface area contributed by atoms with Crippen LogP contribution in [0.15, 0.2) is 6.07 Å². The maximum absolute atomic E-state index is 12.9. The van der Waals surface area contributed by atoms with Gasteiger partial charge in [0.05, 0.1) is 9.88 Å². The minimum Gasteiger partial charge on any atom is -0.332 e. The van der Waals surface area contributed by atoms with E-state index in [1.54, 1.807) is 0 Å². The van der Waals surface area contributed by atoms with Gasteiger partial charge in [-0.3, -0.25) is 9.59 Å². The Balaban J connectivity index is 1.77. The number of nitrogens with zero attached hydrogens (tertiary/aromatic N) is 1. The highest BCUT2D eigenvalue weighted by Gasteiger charge is 2.35. The lowest BCUT2D eigenvalue weighted by Crippen LogP contribution is -2.39. The fourth-order valence-corrected chi connectivity index (χ4v) is 4.30. The number of hydrogen-bond acceptors (Lipinski definition) is 3. The number of thiophene rings is 1. The molecule has 0 radical (unpaired) electrons. The number of likely N-dealkylation sites (tertiary alicyclic amines) is 1. The van der Waals surface area contributed by atoms with E-state index >= 15 is 0 Å². The molecule has 2 heterocycles. The number of carbonyl (C=O) groups is 2. The monoisotopic (exact) mass is 320 g/mol. The van der Waals surface area contributed by atoms with Crippen molar-refractivity contribution >= 4 is 28.2 Å². The van der Waals surface area contributed by atoms with E-state index in [0.29, 0.717) is 12.1 Å². The van der Waals surface area contributed by atoms with Crippen LogP contribution in [-0.4, -0.2) is 28.8 Å². The molecule has 1 aliphatic heterocycles. The van der Waals surface area contributed by atoms with Gasteiger partial charge in [-0.25, -0.2) is 0 Å². The number of aryl methyl sites for hydroxylation is 1. The van der Waals surface area contributed by atoms with Crippen LogP contribution in [0.2, 0.25) is 0 Å². The molecule has 1 saturated heterocycles. The second-order valence-electron chi connectivity index (χ2n) is 6.59. The number of hydrogen-bond donors (Lipinski definition) is 1. The van der Waals surface area contributed by atoms with Gasteiger partial charge in [0.15, 0.2) is 0 Å². The van der Waals surface area contributed by atoms with Crippen LogP contribution in [0.5, 0.6) is 0 Å². The molecule has 2 atom stereocenters. The highest BCUT2D eigenvalue weighted by Crippen LogP contribution is 2.35.